The summed E-state index contributed by atoms with van der Waals surface area (Å²) in [5, 5.41) is 2.40. The van der Waals surface area contributed by atoms with Crippen LogP contribution in [0.15, 0.2) is 24.3 Å². The second-order valence-corrected chi connectivity index (χ2v) is 8.65. The van der Waals surface area contributed by atoms with E-state index in [4.69, 9.17) is 0 Å². The summed E-state index contributed by atoms with van der Waals surface area (Å²) in [7, 11) is 0. The van der Waals surface area contributed by atoms with E-state index in [-0.39, 0.29) is 5.54 Å². The average Bonchev–Trinajstić information content (AvgIpc) is 2.56. The van der Waals surface area contributed by atoms with E-state index >= 15 is 0 Å². The summed E-state index contributed by atoms with van der Waals surface area (Å²) in [5.41, 5.74) is 6.00. The first-order valence-electron chi connectivity index (χ1n) is 10.7. The Morgan fingerprint density at radius 1 is 0.840 bits per heavy atom. The lowest BCUT2D eigenvalue weighted by molar-refractivity contribution is -0.634. The maximum atomic E-state index is 2.43. The van der Waals surface area contributed by atoms with Crippen LogP contribution in [0, 0.1) is 0 Å². The lowest BCUT2D eigenvalue weighted by Gasteiger charge is -2.26. The van der Waals surface area contributed by atoms with Gasteiger partial charge in [-0.3, -0.25) is 0 Å². The Balaban J connectivity index is 1.65. The molecule has 1 heterocycles. The molecule has 140 valence electrons. The molecule has 1 heteroatoms. The summed E-state index contributed by atoms with van der Waals surface area (Å²) < 4.78 is 0. The molecule has 0 amide bonds. The Morgan fingerprint density at radius 3 is 2.08 bits per heavy atom. The van der Waals surface area contributed by atoms with Crippen molar-refractivity contribution in [3.05, 3.63) is 35.4 Å². The van der Waals surface area contributed by atoms with Crippen LogP contribution in [0.5, 0.6) is 0 Å². The van der Waals surface area contributed by atoms with Gasteiger partial charge >= 0.3 is 0 Å². The zero-order valence-corrected chi connectivity index (χ0v) is 17.2. The Labute approximate surface area is 156 Å². The smallest absolute Gasteiger partial charge is 0.137 e. The zero-order valence-electron chi connectivity index (χ0n) is 17.2. The molecule has 1 aliphatic heterocycles. The van der Waals surface area contributed by atoms with Crippen LogP contribution in [0.3, 0.4) is 0 Å². The number of hydrogen-bond acceptors (Lipinski definition) is 0. The van der Waals surface area contributed by atoms with Gasteiger partial charge in [-0.25, -0.2) is 0 Å². The van der Waals surface area contributed by atoms with Crippen molar-refractivity contribution in [2.75, 3.05) is 0 Å². The van der Waals surface area contributed by atoms with Gasteiger partial charge in [-0.2, -0.15) is 0 Å². The van der Waals surface area contributed by atoms with E-state index in [1.165, 1.54) is 93.0 Å². The van der Waals surface area contributed by atoms with Crippen molar-refractivity contribution in [2.45, 2.75) is 104 Å². The first-order valence-corrected chi connectivity index (χ1v) is 10.7. The Hall–Kier alpha value is -1.08. The average molecular weight is 343 g/mol. The maximum Gasteiger partial charge on any atom is 0.137 e. The van der Waals surface area contributed by atoms with Crippen LogP contribution < -0.4 is 5.32 Å². The van der Waals surface area contributed by atoms with Crippen LogP contribution in [-0.2, 0) is 6.42 Å². The summed E-state index contributed by atoms with van der Waals surface area (Å²) in [5.74, 6) is 0. The SMILES string of the molecule is CCCCCCCCCCCCc1ccc2c(c1)C(C)=CC(C)(C)[NH2+]2. The van der Waals surface area contributed by atoms with Gasteiger partial charge in [0.1, 0.15) is 11.2 Å². The number of hydrogen-bond donors (Lipinski definition) is 1. The molecule has 1 aromatic carbocycles. The highest BCUT2D eigenvalue weighted by atomic mass is 15.0. The van der Waals surface area contributed by atoms with Crippen molar-refractivity contribution < 1.29 is 5.32 Å². The molecule has 0 atom stereocenters. The van der Waals surface area contributed by atoms with E-state index in [2.05, 4.69) is 57.3 Å². The number of unbranched alkanes of at least 4 members (excludes halogenated alkanes) is 9. The third kappa shape index (κ3) is 6.98. The van der Waals surface area contributed by atoms with E-state index in [1.807, 2.05) is 0 Å². The van der Waals surface area contributed by atoms with Gasteiger partial charge in [0.25, 0.3) is 0 Å². The van der Waals surface area contributed by atoms with Crippen LogP contribution in [0.1, 0.15) is 103 Å². The van der Waals surface area contributed by atoms with Gasteiger partial charge in [-0.05, 0) is 63.0 Å². The molecule has 0 unspecified atom stereocenters. The highest BCUT2D eigenvalue weighted by Crippen LogP contribution is 2.28. The van der Waals surface area contributed by atoms with Crippen LogP contribution in [0.2, 0.25) is 0 Å². The molecule has 0 aliphatic carbocycles. The summed E-state index contributed by atoms with van der Waals surface area (Å²) in [6.45, 7) is 9.13. The third-order valence-corrected chi connectivity index (χ3v) is 5.48. The Morgan fingerprint density at radius 2 is 1.44 bits per heavy atom. The lowest BCUT2D eigenvalue weighted by atomic mass is 9.90. The van der Waals surface area contributed by atoms with Gasteiger partial charge in [0.2, 0.25) is 0 Å². The fourth-order valence-electron chi connectivity index (χ4n) is 4.12. The first kappa shape index (κ1) is 20.2. The number of fused-ring (bicyclic) bond motifs is 1. The van der Waals surface area contributed by atoms with E-state index < -0.39 is 0 Å². The standard InChI is InChI=1S/C24H39N/c1-5-6-7-8-9-10-11-12-13-14-15-21-16-17-23-22(18-21)20(2)19-24(3,4)25-23/h16-19,25H,5-15H2,1-4H3/p+1. The first-order chi connectivity index (χ1) is 12.0. The van der Waals surface area contributed by atoms with Gasteiger partial charge < -0.3 is 5.32 Å². The minimum atomic E-state index is 0.190. The normalized spacial score (nSPS) is 15.8. The molecule has 2 N–H and O–H groups in total. The number of nitrogens with two attached hydrogens (primary N) is 1. The predicted molar refractivity (Wildman–Crippen MR) is 111 cm³/mol. The second-order valence-electron chi connectivity index (χ2n) is 8.65. The lowest BCUT2D eigenvalue weighted by Crippen LogP contribution is -2.90. The van der Waals surface area contributed by atoms with Crippen molar-refractivity contribution in [3.63, 3.8) is 0 Å². The molecular formula is C24H40N+. The van der Waals surface area contributed by atoms with Crippen molar-refractivity contribution in [1.29, 1.82) is 0 Å². The van der Waals surface area contributed by atoms with Gasteiger partial charge in [0.05, 0.1) is 0 Å². The molecular weight excluding hydrogens is 302 g/mol. The number of allylic oxidation sites excluding steroid dienone is 1. The molecule has 1 aliphatic rings. The fraction of sp³-hybridized carbons (Fsp3) is 0.667. The van der Waals surface area contributed by atoms with Crippen LogP contribution >= 0.6 is 0 Å². The molecule has 0 saturated heterocycles. The number of quaternary nitrogens is 1. The molecule has 1 aromatic rings. The van der Waals surface area contributed by atoms with Crippen molar-refractivity contribution in [2.24, 2.45) is 0 Å². The minimum Gasteiger partial charge on any atom is -0.306 e. The van der Waals surface area contributed by atoms with Gasteiger partial charge in [-0.1, -0.05) is 70.8 Å². The van der Waals surface area contributed by atoms with Crippen LogP contribution in [-0.4, -0.2) is 5.54 Å². The molecule has 0 bridgehead atoms. The van der Waals surface area contributed by atoms with Crippen LogP contribution in [0.4, 0.5) is 5.69 Å². The molecule has 2 rings (SSSR count). The monoisotopic (exact) mass is 342 g/mol. The maximum absolute atomic E-state index is 2.43. The van der Waals surface area contributed by atoms with Gasteiger partial charge in [0.15, 0.2) is 0 Å². The molecule has 0 saturated carbocycles. The van der Waals surface area contributed by atoms with E-state index in [1.54, 1.807) is 0 Å². The molecule has 0 fully saturated rings. The van der Waals surface area contributed by atoms with Crippen molar-refractivity contribution in [3.8, 4) is 0 Å². The van der Waals surface area contributed by atoms with E-state index in [0.717, 1.165) is 0 Å². The minimum absolute atomic E-state index is 0.190. The Kier molecular flexibility index (Phi) is 8.22. The third-order valence-electron chi connectivity index (χ3n) is 5.48. The molecule has 0 aromatic heterocycles. The fourth-order valence-corrected chi connectivity index (χ4v) is 4.12. The van der Waals surface area contributed by atoms with Crippen LogP contribution in [0.25, 0.3) is 5.57 Å². The van der Waals surface area contributed by atoms with Crippen molar-refractivity contribution in [1.82, 2.24) is 0 Å². The summed E-state index contributed by atoms with van der Waals surface area (Å²) in [4.78, 5) is 0. The van der Waals surface area contributed by atoms with Gasteiger partial charge in [-0.15, -0.1) is 0 Å². The molecule has 25 heavy (non-hydrogen) atoms. The number of rotatable bonds is 11. The largest absolute Gasteiger partial charge is 0.306 e. The van der Waals surface area contributed by atoms with E-state index in [0.29, 0.717) is 0 Å². The van der Waals surface area contributed by atoms with Gasteiger partial charge in [0, 0.05) is 5.56 Å². The summed E-state index contributed by atoms with van der Waals surface area (Å²) in [6, 6.07) is 7.11. The number of benzene rings is 1. The van der Waals surface area contributed by atoms with E-state index in [9.17, 15) is 0 Å². The molecule has 1 nitrogen and oxygen atoms in total. The zero-order chi connectivity index (χ0) is 18.1. The number of aryl methyl sites for hydroxylation is 1. The summed E-state index contributed by atoms with van der Waals surface area (Å²) >= 11 is 0. The molecule has 0 radical (unpaired) electrons. The Bertz CT molecular complexity index is 553. The van der Waals surface area contributed by atoms with Crippen molar-refractivity contribution >= 4 is 11.3 Å². The summed E-state index contributed by atoms with van der Waals surface area (Å²) in [6.07, 6.45) is 17.8. The topological polar surface area (TPSA) is 16.6 Å². The molecule has 0 spiro atoms. The highest BCUT2D eigenvalue weighted by Gasteiger charge is 2.26. The predicted octanol–water partition coefficient (Wildman–Crippen LogP) is 6.54. The quantitative estimate of drug-likeness (QED) is 0.347. The highest BCUT2D eigenvalue weighted by molar-refractivity contribution is 5.74. The second kappa shape index (κ2) is 10.2.